The Morgan fingerprint density at radius 2 is 2.19 bits per heavy atom. The maximum absolute atomic E-state index is 12.5. The van der Waals surface area contributed by atoms with Gasteiger partial charge in [-0.15, -0.1) is 0 Å². The van der Waals surface area contributed by atoms with E-state index in [4.69, 9.17) is 14.2 Å². The topological polar surface area (TPSA) is 74.6 Å². The van der Waals surface area contributed by atoms with E-state index >= 15 is 0 Å². The van der Waals surface area contributed by atoms with Crippen LogP contribution in [-0.4, -0.2) is 48.2 Å². The third kappa shape index (κ3) is 4.54. The lowest BCUT2D eigenvalue weighted by molar-refractivity contribution is 0.0808. The molecule has 0 spiro atoms. The maximum atomic E-state index is 12.5. The van der Waals surface area contributed by atoms with E-state index in [1.54, 1.807) is 10.7 Å². The number of rotatable bonds is 8. The molecule has 7 nitrogen and oxygen atoms in total. The van der Waals surface area contributed by atoms with E-state index in [2.05, 4.69) is 10.4 Å². The molecule has 3 rings (SSSR count). The fourth-order valence-electron chi connectivity index (χ4n) is 2.84. The number of ether oxygens (including phenoxy) is 3. The van der Waals surface area contributed by atoms with Crippen LogP contribution in [0.1, 0.15) is 29.5 Å². The number of nitrogens with zero attached hydrogens (tertiary/aromatic N) is 2. The van der Waals surface area contributed by atoms with Crippen LogP contribution < -0.4 is 14.8 Å². The van der Waals surface area contributed by atoms with Crippen molar-refractivity contribution in [3.63, 3.8) is 0 Å². The van der Waals surface area contributed by atoms with Gasteiger partial charge in [0.2, 0.25) is 0 Å². The van der Waals surface area contributed by atoms with E-state index in [9.17, 15) is 4.79 Å². The van der Waals surface area contributed by atoms with Gasteiger partial charge in [-0.25, -0.2) is 0 Å². The average molecular weight is 359 g/mol. The van der Waals surface area contributed by atoms with E-state index in [1.807, 2.05) is 38.1 Å². The van der Waals surface area contributed by atoms with Crippen LogP contribution in [0.25, 0.3) is 0 Å². The molecule has 1 N–H and O–H groups in total. The van der Waals surface area contributed by atoms with Crippen LogP contribution in [0.5, 0.6) is 11.5 Å². The number of aromatic nitrogens is 2. The van der Waals surface area contributed by atoms with Crippen LogP contribution in [0.15, 0.2) is 30.3 Å². The number of para-hydroxylation sites is 2. The predicted octanol–water partition coefficient (Wildman–Crippen LogP) is 2.19. The molecule has 0 saturated heterocycles. The van der Waals surface area contributed by atoms with Crippen LogP contribution in [0.4, 0.5) is 0 Å². The Hall–Kier alpha value is -2.54. The normalized spacial score (nSPS) is 15.7. The van der Waals surface area contributed by atoms with Crippen molar-refractivity contribution in [3.05, 3.63) is 41.7 Å². The van der Waals surface area contributed by atoms with Crippen LogP contribution in [0.2, 0.25) is 0 Å². The standard InChI is InChI=1S/C19H25N3O4/c1-3-24-11-10-22-16(12-14(2)21-22)19(23)20-9-8-15-13-25-17-6-4-5-7-18(17)26-15/h4-7,12,15H,3,8-11,13H2,1-2H3,(H,20,23)/t15-/m0/s1. The summed E-state index contributed by atoms with van der Waals surface area (Å²) in [4.78, 5) is 12.5. The number of hydrogen-bond acceptors (Lipinski definition) is 5. The first-order valence-corrected chi connectivity index (χ1v) is 8.96. The highest BCUT2D eigenvalue weighted by molar-refractivity contribution is 5.92. The highest BCUT2D eigenvalue weighted by atomic mass is 16.6. The van der Waals surface area contributed by atoms with Gasteiger partial charge in [0.1, 0.15) is 18.4 Å². The highest BCUT2D eigenvalue weighted by Crippen LogP contribution is 2.31. The number of carbonyl (C=O) groups excluding carboxylic acids is 1. The molecule has 1 aliphatic rings. The Bertz CT molecular complexity index is 744. The number of hydrogen-bond donors (Lipinski definition) is 1. The van der Waals surface area contributed by atoms with Gasteiger partial charge in [-0.1, -0.05) is 12.1 Å². The molecule has 2 heterocycles. The fraction of sp³-hybridized carbons (Fsp3) is 0.474. The summed E-state index contributed by atoms with van der Waals surface area (Å²) in [7, 11) is 0. The van der Waals surface area contributed by atoms with Gasteiger partial charge in [0.15, 0.2) is 11.5 Å². The summed E-state index contributed by atoms with van der Waals surface area (Å²) in [6.07, 6.45) is 0.598. The van der Waals surface area contributed by atoms with Crippen LogP contribution in [0.3, 0.4) is 0 Å². The second-order valence-electron chi connectivity index (χ2n) is 6.13. The summed E-state index contributed by atoms with van der Waals surface area (Å²) in [6, 6.07) is 9.40. The Balaban J connectivity index is 1.49. The van der Waals surface area contributed by atoms with E-state index < -0.39 is 0 Å². The molecule has 0 bridgehead atoms. The summed E-state index contributed by atoms with van der Waals surface area (Å²) in [6.45, 7) is 6.54. The smallest absolute Gasteiger partial charge is 0.269 e. The van der Waals surface area contributed by atoms with Crippen LogP contribution in [-0.2, 0) is 11.3 Å². The third-order valence-corrected chi connectivity index (χ3v) is 4.11. The molecular weight excluding hydrogens is 334 g/mol. The Kier molecular flexibility index (Phi) is 6.12. The van der Waals surface area contributed by atoms with E-state index in [-0.39, 0.29) is 12.0 Å². The van der Waals surface area contributed by atoms with Gasteiger partial charge >= 0.3 is 0 Å². The van der Waals surface area contributed by atoms with Crippen molar-refractivity contribution >= 4 is 5.91 Å². The second-order valence-corrected chi connectivity index (χ2v) is 6.13. The molecule has 0 aliphatic carbocycles. The molecule has 1 atom stereocenters. The first kappa shape index (κ1) is 18.3. The molecule has 1 aromatic heterocycles. The van der Waals surface area contributed by atoms with Crippen molar-refractivity contribution in [2.24, 2.45) is 0 Å². The molecule has 26 heavy (non-hydrogen) atoms. The van der Waals surface area contributed by atoms with Gasteiger partial charge in [0.05, 0.1) is 18.8 Å². The SMILES string of the molecule is CCOCCn1nc(C)cc1C(=O)NCC[C@H]1COc2ccccc2O1. The molecule has 1 amide bonds. The Morgan fingerprint density at radius 3 is 3.00 bits per heavy atom. The highest BCUT2D eigenvalue weighted by Gasteiger charge is 2.21. The number of nitrogens with one attached hydrogen (secondary N) is 1. The summed E-state index contributed by atoms with van der Waals surface area (Å²) >= 11 is 0. The van der Waals surface area contributed by atoms with Crippen molar-refractivity contribution in [3.8, 4) is 11.5 Å². The van der Waals surface area contributed by atoms with Crippen molar-refractivity contribution in [1.82, 2.24) is 15.1 Å². The van der Waals surface area contributed by atoms with Gasteiger partial charge < -0.3 is 19.5 Å². The molecule has 1 aliphatic heterocycles. The minimum Gasteiger partial charge on any atom is -0.486 e. The van der Waals surface area contributed by atoms with Crippen molar-refractivity contribution in [2.75, 3.05) is 26.4 Å². The van der Waals surface area contributed by atoms with Crippen molar-refractivity contribution in [2.45, 2.75) is 32.9 Å². The van der Waals surface area contributed by atoms with Crippen LogP contribution in [0, 0.1) is 6.92 Å². The summed E-state index contributed by atoms with van der Waals surface area (Å²) < 4.78 is 18.6. The maximum Gasteiger partial charge on any atom is 0.269 e. The van der Waals surface area contributed by atoms with E-state index in [1.165, 1.54) is 0 Å². The largest absolute Gasteiger partial charge is 0.486 e. The first-order chi connectivity index (χ1) is 12.7. The third-order valence-electron chi connectivity index (χ3n) is 4.11. The van der Waals surface area contributed by atoms with Crippen molar-refractivity contribution < 1.29 is 19.0 Å². The number of carbonyl (C=O) groups is 1. The zero-order valence-corrected chi connectivity index (χ0v) is 15.2. The minimum absolute atomic E-state index is 0.0743. The molecule has 7 heteroatoms. The molecule has 0 fully saturated rings. The second kappa shape index (κ2) is 8.71. The zero-order chi connectivity index (χ0) is 18.4. The lowest BCUT2D eigenvalue weighted by atomic mass is 10.2. The van der Waals surface area contributed by atoms with Gasteiger partial charge in [0, 0.05) is 19.6 Å². The average Bonchev–Trinajstić information content (AvgIpc) is 3.02. The zero-order valence-electron chi connectivity index (χ0n) is 15.2. The number of amides is 1. The van der Waals surface area contributed by atoms with Gasteiger partial charge in [-0.05, 0) is 32.0 Å². The van der Waals surface area contributed by atoms with Crippen molar-refractivity contribution in [1.29, 1.82) is 0 Å². The van der Waals surface area contributed by atoms with Gasteiger partial charge in [-0.3, -0.25) is 9.48 Å². The summed E-state index contributed by atoms with van der Waals surface area (Å²) in [5, 5.41) is 7.30. The molecule has 0 saturated carbocycles. The Labute approximate surface area is 153 Å². The molecule has 0 unspecified atom stereocenters. The first-order valence-electron chi connectivity index (χ1n) is 8.96. The minimum atomic E-state index is -0.140. The number of aryl methyl sites for hydroxylation is 1. The molecule has 1 aromatic carbocycles. The van der Waals surface area contributed by atoms with E-state index in [0.29, 0.717) is 45.0 Å². The Morgan fingerprint density at radius 1 is 1.38 bits per heavy atom. The molecule has 0 radical (unpaired) electrons. The summed E-state index contributed by atoms with van der Waals surface area (Å²) in [5.41, 5.74) is 1.36. The van der Waals surface area contributed by atoms with Gasteiger partial charge in [0.25, 0.3) is 5.91 Å². The van der Waals surface area contributed by atoms with Crippen LogP contribution >= 0.6 is 0 Å². The lowest BCUT2D eigenvalue weighted by Crippen LogP contribution is -2.35. The number of fused-ring (bicyclic) bond motifs is 1. The van der Waals surface area contributed by atoms with E-state index in [0.717, 1.165) is 17.2 Å². The quantitative estimate of drug-likeness (QED) is 0.732. The molecular formula is C19H25N3O4. The molecule has 2 aromatic rings. The fourth-order valence-corrected chi connectivity index (χ4v) is 2.84. The summed E-state index contributed by atoms with van der Waals surface area (Å²) in [5.74, 6) is 1.38. The molecule has 140 valence electrons. The van der Waals surface area contributed by atoms with Gasteiger partial charge in [-0.2, -0.15) is 5.10 Å². The monoisotopic (exact) mass is 359 g/mol. The predicted molar refractivity (Wildman–Crippen MR) is 96.8 cm³/mol. The lowest BCUT2D eigenvalue weighted by Gasteiger charge is -2.26. The number of benzene rings is 1.